The highest BCUT2D eigenvalue weighted by Crippen LogP contribution is 2.19. The van der Waals surface area contributed by atoms with Gasteiger partial charge in [0.2, 0.25) is 0 Å². The van der Waals surface area contributed by atoms with Crippen LogP contribution in [0, 0.1) is 5.92 Å². The van der Waals surface area contributed by atoms with E-state index < -0.39 is 18.0 Å². The number of aliphatic carboxylic acids is 1. The minimum Gasteiger partial charge on any atom is -0.481 e. The van der Waals surface area contributed by atoms with E-state index >= 15 is 0 Å². The van der Waals surface area contributed by atoms with Crippen molar-refractivity contribution >= 4 is 12.1 Å². The summed E-state index contributed by atoms with van der Waals surface area (Å²) in [7, 11) is 0. The number of likely N-dealkylation sites (tertiary alicyclic amines) is 1. The van der Waals surface area contributed by atoms with Crippen LogP contribution in [0.1, 0.15) is 17.5 Å². The molecule has 0 aliphatic carbocycles. The largest absolute Gasteiger partial charge is 0.481 e. The molecular formula is C21H24N2O4. The number of rotatable bonds is 6. The summed E-state index contributed by atoms with van der Waals surface area (Å²) in [6.45, 7) is 1.41. The molecule has 1 fully saturated rings. The van der Waals surface area contributed by atoms with E-state index in [0.717, 1.165) is 11.1 Å². The van der Waals surface area contributed by atoms with Crippen molar-refractivity contribution in [1.29, 1.82) is 0 Å². The quantitative estimate of drug-likeness (QED) is 0.820. The normalized spacial score (nSPS) is 19.5. The van der Waals surface area contributed by atoms with Gasteiger partial charge >= 0.3 is 12.1 Å². The van der Waals surface area contributed by atoms with Gasteiger partial charge in [0.1, 0.15) is 6.61 Å². The molecule has 2 N–H and O–H groups in total. The Balaban J connectivity index is 1.53. The van der Waals surface area contributed by atoms with Crippen LogP contribution in [-0.4, -0.2) is 41.2 Å². The SMILES string of the molecule is O=C(O)[C@H]1CN(C(=O)OCc2ccccc2)CC[C@H]1NCc1ccccc1. The van der Waals surface area contributed by atoms with Crippen molar-refractivity contribution < 1.29 is 19.4 Å². The Labute approximate surface area is 158 Å². The molecule has 0 saturated carbocycles. The fraction of sp³-hybridized carbons (Fsp3) is 0.333. The van der Waals surface area contributed by atoms with E-state index in [-0.39, 0.29) is 19.2 Å². The summed E-state index contributed by atoms with van der Waals surface area (Å²) in [6.07, 6.45) is 0.108. The molecule has 1 heterocycles. The van der Waals surface area contributed by atoms with E-state index in [9.17, 15) is 14.7 Å². The lowest BCUT2D eigenvalue weighted by Gasteiger charge is -2.36. The number of carboxylic acid groups (broad SMARTS) is 1. The Hall–Kier alpha value is -2.86. The van der Waals surface area contributed by atoms with Crippen LogP contribution >= 0.6 is 0 Å². The first-order valence-corrected chi connectivity index (χ1v) is 9.09. The molecule has 2 aromatic carbocycles. The number of nitrogens with zero attached hydrogens (tertiary/aromatic N) is 1. The van der Waals surface area contributed by atoms with E-state index in [0.29, 0.717) is 19.5 Å². The average molecular weight is 368 g/mol. The predicted molar refractivity (Wildman–Crippen MR) is 101 cm³/mol. The summed E-state index contributed by atoms with van der Waals surface area (Å²) < 4.78 is 5.33. The van der Waals surface area contributed by atoms with Gasteiger partial charge in [0.15, 0.2) is 0 Å². The molecule has 3 rings (SSSR count). The lowest BCUT2D eigenvalue weighted by molar-refractivity contribution is -0.144. The molecule has 27 heavy (non-hydrogen) atoms. The maximum atomic E-state index is 12.3. The van der Waals surface area contributed by atoms with Crippen LogP contribution in [0.3, 0.4) is 0 Å². The van der Waals surface area contributed by atoms with Gasteiger partial charge in [0.05, 0.1) is 5.92 Å². The van der Waals surface area contributed by atoms with Crippen LogP contribution < -0.4 is 5.32 Å². The molecule has 1 aliphatic heterocycles. The molecule has 0 spiro atoms. The maximum Gasteiger partial charge on any atom is 0.410 e. The van der Waals surface area contributed by atoms with Crippen molar-refractivity contribution in [3.05, 3.63) is 71.8 Å². The second-order valence-corrected chi connectivity index (χ2v) is 6.69. The van der Waals surface area contributed by atoms with Crippen molar-refractivity contribution in [2.75, 3.05) is 13.1 Å². The van der Waals surface area contributed by atoms with Gasteiger partial charge < -0.3 is 20.1 Å². The molecule has 0 radical (unpaired) electrons. The number of carboxylic acids is 1. The predicted octanol–water partition coefficient (Wildman–Crippen LogP) is 2.89. The second kappa shape index (κ2) is 9.19. The summed E-state index contributed by atoms with van der Waals surface area (Å²) in [5, 5.41) is 12.9. The fourth-order valence-electron chi connectivity index (χ4n) is 3.27. The number of carbonyl (C=O) groups excluding carboxylic acids is 1. The highest BCUT2D eigenvalue weighted by molar-refractivity contribution is 5.74. The van der Waals surface area contributed by atoms with Crippen LogP contribution in [-0.2, 0) is 22.7 Å². The van der Waals surface area contributed by atoms with Crippen LogP contribution in [0.25, 0.3) is 0 Å². The smallest absolute Gasteiger partial charge is 0.410 e. The minimum atomic E-state index is -0.902. The molecule has 0 aromatic heterocycles. The van der Waals surface area contributed by atoms with E-state index in [1.807, 2.05) is 60.7 Å². The zero-order valence-electron chi connectivity index (χ0n) is 15.1. The number of benzene rings is 2. The summed E-state index contributed by atoms with van der Waals surface area (Å²) in [5.74, 6) is -1.56. The monoisotopic (exact) mass is 368 g/mol. The van der Waals surface area contributed by atoms with Crippen LogP contribution in [0.2, 0.25) is 0 Å². The lowest BCUT2D eigenvalue weighted by atomic mass is 9.92. The summed E-state index contributed by atoms with van der Waals surface area (Å²) in [4.78, 5) is 25.5. The molecule has 1 aliphatic rings. The highest BCUT2D eigenvalue weighted by Gasteiger charge is 2.36. The molecule has 6 heteroatoms. The van der Waals surface area contributed by atoms with Crippen molar-refractivity contribution in [2.45, 2.75) is 25.6 Å². The van der Waals surface area contributed by atoms with Crippen molar-refractivity contribution in [2.24, 2.45) is 5.92 Å². The first-order chi connectivity index (χ1) is 13.1. The molecule has 0 bridgehead atoms. The Bertz CT molecular complexity index is 751. The number of carbonyl (C=O) groups is 2. The molecule has 2 atom stereocenters. The number of piperidine rings is 1. The third-order valence-electron chi connectivity index (χ3n) is 4.80. The molecule has 0 unspecified atom stereocenters. The summed E-state index contributed by atoms with van der Waals surface area (Å²) in [6, 6.07) is 19.1. The number of hydrogen-bond donors (Lipinski definition) is 2. The number of nitrogens with one attached hydrogen (secondary N) is 1. The zero-order chi connectivity index (χ0) is 19.1. The van der Waals surface area contributed by atoms with Crippen LogP contribution in [0.4, 0.5) is 4.79 Å². The van der Waals surface area contributed by atoms with Gasteiger partial charge in [0.25, 0.3) is 0 Å². The zero-order valence-corrected chi connectivity index (χ0v) is 15.1. The van der Waals surface area contributed by atoms with Crippen molar-refractivity contribution in [1.82, 2.24) is 10.2 Å². The maximum absolute atomic E-state index is 12.3. The van der Waals surface area contributed by atoms with Gasteiger partial charge in [-0.1, -0.05) is 60.7 Å². The molecule has 2 aromatic rings. The Morgan fingerprint density at radius 1 is 1.04 bits per heavy atom. The number of hydrogen-bond acceptors (Lipinski definition) is 4. The molecule has 6 nitrogen and oxygen atoms in total. The van der Waals surface area contributed by atoms with Gasteiger partial charge in [-0.05, 0) is 17.5 Å². The lowest BCUT2D eigenvalue weighted by Crippen LogP contribution is -2.53. The van der Waals surface area contributed by atoms with Gasteiger partial charge in [-0.2, -0.15) is 0 Å². The number of amides is 1. The number of ether oxygens (including phenoxy) is 1. The van der Waals surface area contributed by atoms with E-state index in [4.69, 9.17) is 4.74 Å². The van der Waals surface area contributed by atoms with Gasteiger partial charge in [-0.15, -0.1) is 0 Å². The first-order valence-electron chi connectivity index (χ1n) is 9.09. The summed E-state index contributed by atoms with van der Waals surface area (Å²) >= 11 is 0. The van der Waals surface area contributed by atoms with Crippen LogP contribution in [0.5, 0.6) is 0 Å². The van der Waals surface area contributed by atoms with E-state index in [1.165, 1.54) is 4.90 Å². The Kier molecular flexibility index (Phi) is 6.44. The molecular weight excluding hydrogens is 344 g/mol. The molecule has 1 saturated heterocycles. The summed E-state index contributed by atoms with van der Waals surface area (Å²) in [5.41, 5.74) is 2.01. The third-order valence-corrected chi connectivity index (χ3v) is 4.80. The Morgan fingerprint density at radius 3 is 2.30 bits per heavy atom. The molecule has 1 amide bonds. The Morgan fingerprint density at radius 2 is 1.67 bits per heavy atom. The molecule has 142 valence electrons. The standard InChI is InChI=1S/C21H24N2O4/c24-20(25)18-14-23(21(26)27-15-17-9-5-2-6-10-17)12-11-19(18)22-13-16-7-3-1-4-8-16/h1-10,18-19,22H,11-15H2,(H,24,25)/t18-,19+/m0/s1. The topological polar surface area (TPSA) is 78.9 Å². The highest BCUT2D eigenvalue weighted by atomic mass is 16.6. The first kappa shape index (κ1) is 18.9. The fourth-order valence-corrected chi connectivity index (χ4v) is 3.27. The third kappa shape index (κ3) is 5.31. The second-order valence-electron chi connectivity index (χ2n) is 6.69. The van der Waals surface area contributed by atoms with Crippen LogP contribution in [0.15, 0.2) is 60.7 Å². The average Bonchev–Trinajstić information content (AvgIpc) is 2.72. The van der Waals surface area contributed by atoms with E-state index in [2.05, 4.69) is 5.32 Å². The minimum absolute atomic E-state index is 0.148. The van der Waals surface area contributed by atoms with Gasteiger partial charge in [-0.3, -0.25) is 4.79 Å². The van der Waals surface area contributed by atoms with Gasteiger partial charge in [-0.25, -0.2) is 4.79 Å². The van der Waals surface area contributed by atoms with Gasteiger partial charge in [0, 0.05) is 25.7 Å². The van der Waals surface area contributed by atoms with Crippen molar-refractivity contribution in [3.8, 4) is 0 Å². The van der Waals surface area contributed by atoms with E-state index in [1.54, 1.807) is 0 Å². The van der Waals surface area contributed by atoms with Crippen molar-refractivity contribution in [3.63, 3.8) is 0 Å².